The smallest absolute Gasteiger partial charge is 0.138 e. The first-order valence-corrected chi connectivity index (χ1v) is 6.69. The molecule has 3 rings (SSSR count). The van der Waals surface area contributed by atoms with Gasteiger partial charge in [-0.1, -0.05) is 18.2 Å². The molecular weight excluding hydrogens is 269 g/mol. The molecule has 2 N–H and O–H groups in total. The molecule has 1 aromatic heterocycles. The maximum Gasteiger partial charge on any atom is 0.138 e. The quantitative estimate of drug-likeness (QED) is 0.793. The maximum absolute atomic E-state index is 13.9. The van der Waals surface area contributed by atoms with Gasteiger partial charge in [0.15, 0.2) is 0 Å². The van der Waals surface area contributed by atoms with Crippen LogP contribution in [0.5, 0.6) is 5.75 Å². The van der Waals surface area contributed by atoms with Crippen molar-refractivity contribution in [2.75, 3.05) is 7.11 Å². The average Bonchev–Trinajstić information content (AvgIpc) is 2.83. The zero-order valence-electron chi connectivity index (χ0n) is 11.9. The molecule has 3 nitrogen and oxygen atoms in total. The normalized spacial score (nSPS) is 12.6. The molecule has 0 aliphatic rings. The number of benzene rings is 2. The number of fused-ring (bicyclic) bond motifs is 1. The van der Waals surface area contributed by atoms with E-state index in [0.717, 1.165) is 10.9 Å². The summed E-state index contributed by atoms with van der Waals surface area (Å²) in [7, 11) is 1.60. The molecule has 0 amide bonds. The van der Waals surface area contributed by atoms with Crippen LogP contribution in [-0.4, -0.2) is 7.11 Å². The molecule has 1 heterocycles. The summed E-state index contributed by atoms with van der Waals surface area (Å²) in [4.78, 5) is 0. The summed E-state index contributed by atoms with van der Waals surface area (Å²) in [5, 5.41) is 0.956. The summed E-state index contributed by atoms with van der Waals surface area (Å²) < 4.78 is 24.9. The Morgan fingerprint density at radius 3 is 2.67 bits per heavy atom. The Hall–Kier alpha value is -2.33. The molecule has 2 aromatic carbocycles. The third kappa shape index (κ3) is 2.28. The van der Waals surface area contributed by atoms with E-state index in [1.54, 1.807) is 31.4 Å². The van der Waals surface area contributed by atoms with E-state index in [0.29, 0.717) is 22.7 Å². The first-order chi connectivity index (χ1) is 10.1. The Morgan fingerprint density at radius 2 is 1.95 bits per heavy atom. The SMILES string of the molecule is COc1ccc2c(C)c(C(N)c3ccccc3F)oc2c1. The summed E-state index contributed by atoms with van der Waals surface area (Å²) in [5.41, 5.74) is 8.22. The highest BCUT2D eigenvalue weighted by Crippen LogP contribution is 2.33. The van der Waals surface area contributed by atoms with Crippen LogP contribution in [0.25, 0.3) is 11.0 Å². The fourth-order valence-electron chi connectivity index (χ4n) is 2.52. The topological polar surface area (TPSA) is 48.4 Å². The zero-order chi connectivity index (χ0) is 15.0. The number of nitrogens with two attached hydrogens (primary N) is 1. The number of methoxy groups -OCH3 is 1. The molecule has 21 heavy (non-hydrogen) atoms. The van der Waals surface area contributed by atoms with Gasteiger partial charge in [0.1, 0.15) is 22.9 Å². The summed E-state index contributed by atoms with van der Waals surface area (Å²) in [5.74, 6) is 0.952. The van der Waals surface area contributed by atoms with E-state index >= 15 is 0 Å². The number of hydrogen-bond acceptors (Lipinski definition) is 3. The molecule has 1 atom stereocenters. The van der Waals surface area contributed by atoms with Gasteiger partial charge in [0.2, 0.25) is 0 Å². The molecule has 108 valence electrons. The highest BCUT2D eigenvalue weighted by atomic mass is 19.1. The van der Waals surface area contributed by atoms with Gasteiger partial charge in [-0.05, 0) is 25.1 Å². The van der Waals surface area contributed by atoms with Crippen molar-refractivity contribution >= 4 is 11.0 Å². The maximum atomic E-state index is 13.9. The molecule has 0 aliphatic heterocycles. The van der Waals surface area contributed by atoms with Crippen molar-refractivity contribution in [3.8, 4) is 5.75 Å². The number of furan rings is 1. The minimum absolute atomic E-state index is 0.331. The predicted octanol–water partition coefficient (Wildman–Crippen LogP) is 3.94. The lowest BCUT2D eigenvalue weighted by Gasteiger charge is -2.11. The Labute approximate surface area is 122 Å². The Kier molecular flexibility index (Phi) is 3.39. The van der Waals surface area contributed by atoms with Crippen LogP contribution in [0.3, 0.4) is 0 Å². The van der Waals surface area contributed by atoms with Crippen molar-refractivity contribution in [3.63, 3.8) is 0 Å². The van der Waals surface area contributed by atoms with Crippen LogP contribution in [0.1, 0.15) is 22.9 Å². The second-order valence-corrected chi connectivity index (χ2v) is 4.95. The molecule has 0 aliphatic carbocycles. The lowest BCUT2D eigenvalue weighted by Crippen LogP contribution is -2.13. The molecular formula is C17H16FNO2. The van der Waals surface area contributed by atoms with Gasteiger partial charge in [0, 0.05) is 22.6 Å². The minimum Gasteiger partial charge on any atom is -0.497 e. The molecule has 0 saturated carbocycles. The van der Waals surface area contributed by atoms with Crippen LogP contribution >= 0.6 is 0 Å². The highest BCUT2D eigenvalue weighted by molar-refractivity contribution is 5.83. The average molecular weight is 285 g/mol. The molecule has 0 radical (unpaired) electrons. The van der Waals surface area contributed by atoms with Crippen LogP contribution < -0.4 is 10.5 Å². The summed E-state index contributed by atoms with van der Waals surface area (Å²) >= 11 is 0. The van der Waals surface area contributed by atoms with Gasteiger partial charge in [0.05, 0.1) is 13.2 Å². The minimum atomic E-state index is -0.635. The second-order valence-electron chi connectivity index (χ2n) is 4.95. The van der Waals surface area contributed by atoms with Crippen LogP contribution in [0.15, 0.2) is 46.9 Å². The van der Waals surface area contributed by atoms with Crippen LogP contribution in [0, 0.1) is 12.7 Å². The number of hydrogen-bond donors (Lipinski definition) is 1. The second kappa shape index (κ2) is 5.22. The lowest BCUT2D eigenvalue weighted by molar-refractivity contribution is 0.414. The van der Waals surface area contributed by atoms with Crippen molar-refractivity contribution in [2.45, 2.75) is 13.0 Å². The largest absolute Gasteiger partial charge is 0.497 e. The van der Waals surface area contributed by atoms with Crippen LogP contribution in [-0.2, 0) is 0 Å². The first kappa shape index (κ1) is 13.6. The van der Waals surface area contributed by atoms with Crippen molar-refractivity contribution in [3.05, 3.63) is 65.2 Å². The summed E-state index contributed by atoms with van der Waals surface area (Å²) in [6, 6.07) is 11.4. The molecule has 1 unspecified atom stereocenters. The monoisotopic (exact) mass is 285 g/mol. The summed E-state index contributed by atoms with van der Waals surface area (Å²) in [6.45, 7) is 1.92. The predicted molar refractivity (Wildman–Crippen MR) is 79.9 cm³/mol. The molecule has 3 aromatic rings. The van der Waals surface area contributed by atoms with E-state index in [2.05, 4.69) is 0 Å². The van der Waals surface area contributed by atoms with Crippen LogP contribution in [0.2, 0.25) is 0 Å². The fourth-order valence-corrected chi connectivity index (χ4v) is 2.52. The molecule has 0 bridgehead atoms. The van der Waals surface area contributed by atoms with Gasteiger partial charge in [-0.15, -0.1) is 0 Å². The summed E-state index contributed by atoms with van der Waals surface area (Å²) in [6.07, 6.45) is 0. The van der Waals surface area contributed by atoms with E-state index in [1.165, 1.54) is 6.07 Å². The van der Waals surface area contributed by atoms with Crippen molar-refractivity contribution < 1.29 is 13.5 Å². The lowest BCUT2D eigenvalue weighted by atomic mass is 10.0. The van der Waals surface area contributed by atoms with Gasteiger partial charge in [-0.25, -0.2) is 4.39 Å². The molecule has 4 heteroatoms. The number of halogens is 1. The molecule has 0 saturated heterocycles. The number of ether oxygens (including phenoxy) is 1. The Balaban J connectivity index is 2.12. The third-order valence-corrected chi connectivity index (χ3v) is 3.71. The van der Waals surface area contributed by atoms with Crippen molar-refractivity contribution in [2.24, 2.45) is 5.73 Å². The molecule has 0 spiro atoms. The van der Waals surface area contributed by atoms with Crippen molar-refractivity contribution in [1.82, 2.24) is 0 Å². The third-order valence-electron chi connectivity index (χ3n) is 3.71. The fraction of sp³-hybridized carbons (Fsp3) is 0.176. The van der Waals surface area contributed by atoms with E-state index in [4.69, 9.17) is 14.9 Å². The van der Waals surface area contributed by atoms with E-state index in [9.17, 15) is 4.39 Å². The first-order valence-electron chi connectivity index (χ1n) is 6.69. The molecule has 0 fully saturated rings. The van der Waals surface area contributed by atoms with Gasteiger partial charge in [-0.2, -0.15) is 0 Å². The van der Waals surface area contributed by atoms with Gasteiger partial charge < -0.3 is 14.9 Å². The Bertz CT molecular complexity index is 795. The Morgan fingerprint density at radius 1 is 1.19 bits per heavy atom. The number of aryl methyl sites for hydroxylation is 1. The number of rotatable bonds is 3. The highest BCUT2D eigenvalue weighted by Gasteiger charge is 2.21. The van der Waals surface area contributed by atoms with E-state index in [1.807, 2.05) is 19.1 Å². The van der Waals surface area contributed by atoms with Crippen LogP contribution in [0.4, 0.5) is 4.39 Å². The van der Waals surface area contributed by atoms with Gasteiger partial charge >= 0.3 is 0 Å². The van der Waals surface area contributed by atoms with Gasteiger partial charge in [0.25, 0.3) is 0 Å². The zero-order valence-corrected chi connectivity index (χ0v) is 11.9. The van der Waals surface area contributed by atoms with E-state index in [-0.39, 0.29) is 5.82 Å². The standard InChI is InChI=1S/C17H16FNO2/c1-10-12-8-7-11(20-2)9-15(12)21-17(10)16(19)13-5-3-4-6-14(13)18/h3-9,16H,19H2,1-2H3. The van der Waals surface area contributed by atoms with Gasteiger partial charge in [-0.3, -0.25) is 0 Å². The van der Waals surface area contributed by atoms with E-state index < -0.39 is 6.04 Å². The van der Waals surface area contributed by atoms with Crippen molar-refractivity contribution in [1.29, 1.82) is 0 Å².